The van der Waals surface area contributed by atoms with Gasteiger partial charge in [0.05, 0.1) is 18.7 Å². The molecule has 3 nitrogen and oxygen atoms in total. The summed E-state index contributed by atoms with van der Waals surface area (Å²) in [4.78, 5) is 10.8. The van der Waals surface area contributed by atoms with E-state index >= 15 is 0 Å². The van der Waals surface area contributed by atoms with Crippen LogP contribution in [0.2, 0.25) is 19.6 Å². The summed E-state index contributed by atoms with van der Waals surface area (Å²) >= 11 is 1.61. The van der Waals surface area contributed by atoms with Crippen LogP contribution in [0.4, 0.5) is 0 Å². The second-order valence-corrected chi connectivity index (χ2v) is 17.1. The maximum absolute atomic E-state index is 8.41. The smallest absolute Gasteiger partial charge is 0.128 e. The van der Waals surface area contributed by atoms with E-state index in [1.165, 1.54) is 17.4 Å². The number of rotatable bonds is 4. The summed E-state index contributed by atoms with van der Waals surface area (Å²) in [5, 5.41) is 1.31. The van der Waals surface area contributed by atoms with Crippen LogP contribution in [0.25, 0.3) is 22.5 Å². The molecule has 1 aliphatic heterocycles. The fraction of sp³-hybridized carbons (Fsp3) is 0.222. The summed E-state index contributed by atoms with van der Waals surface area (Å²) in [6.45, 7) is 5.78. The van der Waals surface area contributed by atoms with Crippen molar-refractivity contribution in [3.05, 3.63) is 114 Å². The SMILES string of the molecule is [2H]C([2H])([2H])c1c[c-]c(-c2ccc([Si](C)(C)C)cn2)cc1.[2H]C([2H])([2H])c1cnc(-c2[c-]ccc3c2Oc2ccccc2S3)cc1C([2H])(C)C.[Ir]. The van der Waals surface area contributed by atoms with Gasteiger partial charge >= 0.3 is 0 Å². The Morgan fingerprint density at radius 1 is 0.905 bits per heavy atom. The van der Waals surface area contributed by atoms with Gasteiger partial charge in [0.1, 0.15) is 5.75 Å². The van der Waals surface area contributed by atoms with E-state index in [0.29, 0.717) is 28.1 Å². The number of nitrogens with zero attached hydrogens (tertiary/aromatic N) is 2. The van der Waals surface area contributed by atoms with Crippen LogP contribution in [-0.4, -0.2) is 18.0 Å². The van der Waals surface area contributed by atoms with Gasteiger partial charge < -0.3 is 14.7 Å². The third-order valence-electron chi connectivity index (χ3n) is 6.61. The number of fused-ring (bicyclic) bond motifs is 2. The Morgan fingerprint density at radius 2 is 1.71 bits per heavy atom. The maximum atomic E-state index is 8.41. The van der Waals surface area contributed by atoms with Crippen LogP contribution in [0.1, 0.15) is 46.0 Å². The van der Waals surface area contributed by atoms with E-state index in [0.717, 1.165) is 26.8 Å². The summed E-state index contributed by atoms with van der Waals surface area (Å²) in [6, 6.07) is 28.4. The molecule has 6 heteroatoms. The number of hydrogen-bond acceptors (Lipinski definition) is 4. The van der Waals surface area contributed by atoms with Crippen molar-refractivity contribution in [3.8, 4) is 34.0 Å². The van der Waals surface area contributed by atoms with Crippen molar-refractivity contribution in [2.75, 3.05) is 0 Å². The minimum absolute atomic E-state index is 0. The van der Waals surface area contributed by atoms with Gasteiger partial charge in [-0.05, 0) is 57.5 Å². The number of pyridine rings is 2. The molecule has 0 spiro atoms. The summed E-state index contributed by atoms with van der Waals surface area (Å²) in [5.41, 5.74) is 3.67. The minimum atomic E-state index is -2.33. The van der Waals surface area contributed by atoms with Gasteiger partial charge in [-0.1, -0.05) is 76.2 Å². The van der Waals surface area contributed by atoms with Gasteiger partial charge in [0.15, 0.2) is 0 Å². The number of ether oxygens (including phenoxy) is 1. The molecule has 0 unspecified atom stereocenters. The van der Waals surface area contributed by atoms with E-state index in [-0.39, 0.29) is 25.7 Å². The Kier molecular flexibility index (Phi) is 7.54. The molecule has 0 amide bonds. The standard InChI is InChI=1S/C21H18NOS.C15H18NSi.Ir/c1-13(2)16-11-17(22-12-14(16)3)15-7-6-10-20-21(15)23-18-8-4-5-9-19(18)24-20;1-12-5-7-13(8-6-12)15-10-9-14(11-16-15)17(2,3)4;/h4-6,8-13H,1-3H3;5-7,9-11H,1-4H3;/q2*-1;/i3D3,13D;1D3;. The molecule has 0 N–H and O–H groups in total. The second kappa shape index (κ2) is 13.5. The Labute approximate surface area is 279 Å². The molecule has 1 aliphatic rings. The predicted molar refractivity (Wildman–Crippen MR) is 174 cm³/mol. The van der Waals surface area contributed by atoms with Crippen molar-refractivity contribution >= 4 is 25.0 Å². The molecule has 3 heterocycles. The maximum Gasteiger partial charge on any atom is 0.128 e. The minimum Gasteiger partial charge on any atom is -0.499 e. The molecule has 5 aromatic rings. The van der Waals surface area contributed by atoms with Gasteiger partial charge in [-0.15, -0.1) is 65.4 Å². The van der Waals surface area contributed by atoms with Crippen molar-refractivity contribution in [1.29, 1.82) is 0 Å². The largest absolute Gasteiger partial charge is 0.499 e. The normalized spacial score (nSPS) is 15.1. The van der Waals surface area contributed by atoms with Crippen LogP contribution in [0, 0.1) is 25.8 Å². The van der Waals surface area contributed by atoms with Crippen LogP contribution in [0.5, 0.6) is 11.5 Å². The molecule has 2 aromatic heterocycles. The Hall–Kier alpha value is -3.02. The molecule has 0 aliphatic carbocycles. The van der Waals surface area contributed by atoms with Crippen molar-refractivity contribution in [3.63, 3.8) is 0 Å². The monoisotopic (exact) mass is 772 g/mol. The molecule has 0 bridgehead atoms. The molecular formula is C36H36IrN2OSSi-2. The van der Waals surface area contributed by atoms with Crippen molar-refractivity contribution in [2.24, 2.45) is 0 Å². The zero-order valence-electron chi connectivity index (χ0n) is 31.1. The first-order valence-electron chi connectivity index (χ1n) is 16.8. The van der Waals surface area contributed by atoms with E-state index in [1.807, 2.05) is 48.7 Å². The summed E-state index contributed by atoms with van der Waals surface area (Å²) in [7, 11) is -1.34. The zero-order chi connectivity index (χ0) is 35.1. The summed E-state index contributed by atoms with van der Waals surface area (Å²) in [6.07, 6.45) is 3.28. The van der Waals surface area contributed by atoms with Gasteiger partial charge in [0, 0.05) is 42.1 Å². The van der Waals surface area contributed by atoms with Crippen LogP contribution in [0.3, 0.4) is 0 Å². The topological polar surface area (TPSA) is 35.0 Å². The first-order valence-corrected chi connectivity index (χ1v) is 17.6. The third kappa shape index (κ3) is 7.30. The summed E-state index contributed by atoms with van der Waals surface area (Å²) in [5.74, 6) is 0.327. The Balaban J connectivity index is 0.000000229. The molecule has 217 valence electrons. The summed E-state index contributed by atoms with van der Waals surface area (Å²) < 4.78 is 59.9. The number of para-hydroxylation sites is 1. The third-order valence-corrected chi connectivity index (χ3v) is 9.74. The molecule has 1 radical (unpaired) electrons. The van der Waals surface area contributed by atoms with E-state index in [4.69, 9.17) is 14.3 Å². The average molecular weight is 772 g/mol. The molecular weight excluding hydrogens is 729 g/mol. The van der Waals surface area contributed by atoms with Gasteiger partial charge in [0.25, 0.3) is 0 Å². The van der Waals surface area contributed by atoms with Crippen molar-refractivity contribution in [1.82, 2.24) is 9.97 Å². The number of hydrogen-bond donors (Lipinski definition) is 0. The molecule has 0 fully saturated rings. The van der Waals surface area contributed by atoms with Gasteiger partial charge in [-0.2, -0.15) is 0 Å². The number of benzene rings is 3. The number of aryl methyl sites for hydroxylation is 2. The van der Waals surface area contributed by atoms with Crippen LogP contribution < -0.4 is 9.92 Å². The first-order chi connectivity index (χ1) is 22.3. The zero-order valence-corrected chi connectivity index (χ0v) is 28.3. The predicted octanol–water partition coefficient (Wildman–Crippen LogP) is 9.64. The van der Waals surface area contributed by atoms with Crippen LogP contribution in [0.15, 0.2) is 95.0 Å². The molecule has 0 saturated heterocycles. The number of aromatic nitrogens is 2. The van der Waals surface area contributed by atoms with Gasteiger partial charge in [0.2, 0.25) is 0 Å². The second-order valence-electron chi connectivity index (χ2n) is 11.0. The Morgan fingerprint density at radius 3 is 2.38 bits per heavy atom. The van der Waals surface area contributed by atoms with Crippen molar-refractivity contribution < 1.29 is 34.4 Å². The van der Waals surface area contributed by atoms with Crippen LogP contribution >= 0.6 is 11.8 Å². The molecule has 3 aromatic carbocycles. The molecule has 42 heavy (non-hydrogen) atoms. The van der Waals surface area contributed by atoms with Gasteiger partial charge in [-0.25, -0.2) is 0 Å². The fourth-order valence-corrected chi connectivity index (χ4v) is 6.27. The van der Waals surface area contributed by atoms with E-state index < -0.39 is 27.7 Å². The first kappa shape index (κ1) is 23.4. The van der Waals surface area contributed by atoms with Crippen LogP contribution in [-0.2, 0) is 20.1 Å². The average Bonchev–Trinajstić information content (AvgIpc) is 3.02. The molecule has 0 atom stereocenters. The molecule has 6 rings (SSSR count). The fourth-order valence-electron chi connectivity index (χ4n) is 4.27. The van der Waals surface area contributed by atoms with E-state index in [2.05, 4.69) is 47.8 Å². The quantitative estimate of drug-likeness (QED) is 0.132. The molecule has 0 saturated carbocycles. The van der Waals surface area contributed by atoms with Crippen molar-refractivity contribution in [2.45, 2.75) is 62.9 Å². The van der Waals surface area contributed by atoms with E-state index in [1.54, 1.807) is 43.8 Å². The van der Waals surface area contributed by atoms with E-state index in [9.17, 15) is 0 Å². The van der Waals surface area contributed by atoms with Gasteiger partial charge in [-0.3, -0.25) is 0 Å². The Bertz CT molecular complexity index is 1860.